The van der Waals surface area contributed by atoms with Crippen molar-refractivity contribution in [2.24, 2.45) is 0 Å². The zero-order chi connectivity index (χ0) is 15.5. The molecule has 116 valence electrons. The number of nitrogens with two attached hydrogens (primary N) is 1. The van der Waals surface area contributed by atoms with Crippen molar-refractivity contribution >= 4 is 22.9 Å². The Hall–Kier alpha value is -1.92. The molecule has 1 fully saturated rings. The molecule has 6 heteroatoms. The standard InChI is InChI=1S/C16H20N4OS/c1-12-18-15(11-22-12)10-19-6-8-20(9-7-19)16(21)13-2-4-14(17)5-3-13/h2-5,11H,6-10,17H2,1H3. The van der Waals surface area contributed by atoms with Gasteiger partial charge < -0.3 is 10.6 Å². The number of carbonyl (C=O) groups excluding carboxylic acids is 1. The van der Waals surface area contributed by atoms with Crippen molar-refractivity contribution < 1.29 is 4.79 Å². The molecule has 0 spiro atoms. The molecule has 22 heavy (non-hydrogen) atoms. The fraction of sp³-hybridized carbons (Fsp3) is 0.375. The number of nitrogens with zero attached hydrogens (tertiary/aromatic N) is 3. The molecule has 1 aromatic heterocycles. The van der Waals surface area contributed by atoms with Gasteiger partial charge in [-0.25, -0.2) is 4.98 Å². The van der Waals surface area contributed by atoms with Crippen LogP contribution in [-0.2, 0) is 6.54 Å². The Morgan fingerprint density at radius 1 is 1.23 bits per heavy atom. The Labute approximate surface area is 134 Å². The lowest BCUT2D eigenvalue weighted by atomic mass is 10.1. The maximum absolute atomic E-state index is 12.4. The quantitative estimate of drug-likeness (QED) is 0.880. The average molecular weight is 316 g/mol. The van der Waals surface area contributed by atoms with Gasteiger partial charge in [-0.15, -0.1) is 11.3 Å². The molecule has 2 N–H and O–H groups in total. The van der Waals surface area contributed by atoms with E-state index in [-0.39, 0.29) is 5.91 Å². The predicted octanol–water partition coefficient (Wildman–Crippen LogP) is 1.99. The van der Waals surface area contributed by atoms with E-state index in [0.29, 0.717) is 11.3 Å². The third-order valence-electron chi connectivity index (χ3n) is 3.87. The van der Waals surface area contributed by atoms with E-state index in [4.69, 9.17) is 5.73 Å². The van der Waals surface area contributed by atoms with Crippen LogP contribution in [0.5, 0.6) is 0 Å². The molecule has 1 saturated heterocycles. The van der Waals surface area contributed by atoms with Crippen LogP contribution < -0.4 is 5.73 Å². The number of hydrogen-bond donors (Lipinski definition) is 1. The van der Waals surface area contributed by atoms with Crippen molar-refractivity contribution in [3.63, 3.8) is 0 Å². The fourth-order valence-electron chi connectivity index (χ4n) is 2.63. The number of nitrogen functional groups attached to an aromatic ring is 1. The summed E-state index contributed by atoms with van der Waals surface area (Å²) >= 11 is 1.68. The molecule has 0 saturated carbocycles. The summed E-state index contributed by atoms with van der Waals surface area (Å²) in [5, 5.41) is 3.22. The lowest BCUT2D eigenvalue weighted by Gasteiger charge is -2.34. The fourth-order valence-corrected chi connectivity index (χ4v) is 3.23. The largest absolute Gasteiger partial charge is 0.399 e. The van der Waals surface area contributed by atoms with E-state index < -0.39 is 0 Å². The van der Waals surface area contributed by atoms with Gasteiger partial charge in [-0.05, 0) is 31.2 Å². The first-order valence-electron chi connectivity index (χ1n) is 7.40. The molecule has 2 aromatic rings. The van der Waals surface area contributed by atoms with Crippen molar-refractivity contribution in [2.45, 2.75) is 13.5 Å². The maximum Gasteiger partial charge on any atom is 0.253 e. The summed E-state index contributed by atoms with van der Waals surface area (Å²) in [4.78, 5) is 21.2. The summed E-state index contributed by atoms with van der Waals surface area (Å²) in [5.41, 5.74) is 8.17. The molecule has 0 atom stereocenters. The second-order valence-electron chi connectivity index (χ2n) is 5.55. The van der Waals surface area contributed by atoms with Gasteiger partial charge >= 0.3 is 0 Å². The van der Waals surface area contributed by atoms with Gasteiger partial charge in [-0.3, -0.25) is 9.69 Å². The van der Waals surface area contributed by atoms with Gasteiger partial charge in [0.05, 0.1) is 10.7 Å². The number of thiazole rings is 1. The van der Waals surface area contributed by atoms with Gasteiger partial charge in [-0.2, -0.15) is 0 Å². The van der Waals surface area contributed by atoms with Crippen molar-refractivity contribution in [1.29, 1.82) is 0 Å². The molecular weight excluding hydrogens is 296 g/mol. The zero-order valence-corrected chi connectivity index (χ0v) is 13.5. The van der Waals surface area contributed by atoms with E-state index in [9.17, 15) is 4.79 Å². The highest BCUT2D eigenvalue weighted by Gasteiger charge is 2.22. The molecule has 1 aliphatic heterocycles. The first-order valence-corrected chi connectivity index (χ1v) is 8.28. The lowest BCUT2D eigenvalue weighted by molar-refractivity contribution is 0.0627. The third-order valence-corrected chi connectivity index (χ3v) is 4.69. The van der Waals surface area contributed by atoms with Crippen LogP contribution in [0.15, 0.2) is 29.6 Å². The second-order valence-corrected chi connectivity index (χ2v) is 6.61. The number of aryl methyl sites for hydroxylation is 1. The molecule has 2 heterocycles. The third kappa shape index (κ3) is 3.45. The van der Waals surface area contributed by atoms with Crippen LogP contribution >= 0.6 is 11.3 Å². The van der Waals surface area contributed by atoms with E-state index in [2.05, 4.69) is 15.3 Å². The highest BCUT2D eigenvalue weighted by molar-refractivity contribution is 7.09. The van der Waals surface area contributed by atoms with Gasteiger partial charge in [0.15, 0.2) is 0 Å². The minimum atomic E-state index is 0.0872. The first kappa shape index (κ1) is 15.0. The highest BCUT2D eigenvalue weighted by Crippen LogP contribution is 2.14. The normalized spacial score (nSPS) is 16.0. The van der Waals surface area contributed by atoms with Gasteiger partial charge in [0.1, 0.15) is 0 Å². The molecule has 0 bridgehead atoms. The van der Waals surface area contributed by atoms with Crippen LogP contribution in [-0.4, -0.2) is 46.9 Å². The number of benzene rings is 1. The summed E-state index contributed by atoms with van der Waals surface area (Å²) < 4.78 is 0. The molecule has 0 radical (unpaired) electrons. The van der Waals surface area contributed by atoms with Crippen molar-refractivity contribution in [2.75, 3.05) is 31.9 Å². The van der Waals surface area contributed by atoms with Crippen molar-refractivity contribution in [3.8, 4) is 0 Å². The number of rotatable bonds is 3. The molecule has 0 unspecified atom stereocenters. The van der Waals surface area contributed by atoms with Crippen LogP contribution in [0.4, 0.5) is 5.69 Å². The Morgan fingerprint density at radius 3 is 2.50 bits per heavy atom. The van der Waals surface area contributed by atoms with Crippen LogP contribution in [0.1, 0.15) is 21.1 Å². The minimum absolute atomic E-state index is 0.0872. The maximum atomic E-state index is 12.4. The molecule has 3 rings (SSSR count). The summed E-state index contributed by atoms with van der Waals surface area (Å²) in [7, 11) is 0. The number of aromatic nitrogens is 1. The zero-order valence-electron chi connectivity index (χ0n) is 12.7. The highest BCUT2D eigenvalue weighted by atomic mass is 32.1. The molecule has 1 aliphatic rings. The van der Waals surface area contributed by atoms with Gasteiger partial charge in [0.2, 0.25) is 0 Å². The van der Waals surface area contributed by atoms with E-state index >= 15 is 0 Å². The van der Waals surface area contributed by atoms with Gasteiger partial charge in [0.25, 0.3) is 5.91 Å². The molecule has 1 aromatic carbocycles. The number of anilines is 1. The number of piperazine rings is 1. The van der Waals surface area contributed by atoms with Crippen molar-refractivity contribution in [1.82, 2.24) is 14.8 Å². The molecular formula is C16H20N4OS. The molecule has 0 aliphatic carbocycles. The van der Waals surface area contributed by atoms with E-state index in [1.165, 1.54) is 0 Å². The Balaban J connectivity index is 1.55. The number of hydrogen-bond acceptors (Lipinski definition) is 5. The van der Waals surface area contributed by atoms with Crippen LogP contribution in [0.2, 0.25) is 0 Å². The summed E-state index contributed by atoms with van der Waals surface area (Å²) in [6, 6.07) is 7.13. The van der Waals surface area contributed by atoms with E-state index in [1.54, 1.807) is 35.6 Å². The Kier molecular flexibility index (Phi) is 4.40. The van der Waals surface area contributed by atoms with E-state index in [1.807, 2.05) is 11.8 Å². The number of amides is 1. The summed E-state index contributed by atoms with van der Waals surface area (Å²) in [6.45, 7) is 6.18. The van der Waals surface area contributed by atoms with Gasteiger partial charge in [0, 0.05) is 49.4 Å². The van der Waals surface area contributed by atoms with Gasteiger partial charge in [-0.1, -0.05) is 0 Å². The lowest BCUT2D eigenvalue weighted by Crippen LogP contribution is -2.48. The molecule has 5 nitrogen and oxygen atoms in total. The number of carbonyl (C=O) groups is 1. The van der Waals surface area contributed by atoms with Crippen LogP contribution in [0, 0.1) is 6.92 Å². The first-order chi connectivity index (χ1) is 10.6. The Morgan fingerprint density at radius 2 is 1.91 bits per heavy atom. The predicted molar refractivity (Wildman–Crippen MR) is 88.9 cm³/mol. The minimum Gasteiger partial charge on any atom is -0.399 e. The SMILES string of the molecule is Cc1nc(CN2CCN(C(=O)c3ccc(N)cc3)CC2)cs1. The monoisotopic (exact) mass is 316 g/mol. The molecule has 1 amide bonds. The van der Waals surface area contributed by atoms with Crippen LogP contribution in [0.3, 0.4) is 0 Å². The topological polar surface area (TPSA) is 62.5 Å². The van der Waals surface area contributed by atoms with Crippen LogP contribution in [0.25, 0.3) is 0 Å². The van der Waals surface area contributed by atoms with E-state index in [0.717, 1.165) is 43.4 Å². The smallest absolute Gasteiger partial charge is 0.253 e. The summed E-state index contributed by atoms with van der Waals surface area (Å²) in [6.07, 6.45) is 0. The summed E-state index contributed by atoms with van der Waals surface area (Å²) in [5.74, 6) is 0.0872. The Bertz CT molecular complexity index is 644. The van der Waals surface area contributed by atoms with Crippen molar-refractivity contribution in [3.05, 3.63) is 45.9 Å². The average Bonchev–Trinajstić information content (AvgIpc) is 2.93. The second kappa shape index (κ2) is 6.46.